The zero-order valence-corrected chi connectivity index (χ0v) is 11.5. The molecule has 1 saturated heterocycles. The number of nitrogens with zero attached hydrogens (tertiary/aromatic N) is 1. The minimum absolute atomic E-state index is 0.313. The molecule has 2 rings (SSSR count). The first-order chi connectivity index (χ1) is 8.24. The summed E-state index contributed by atoms with van der Waals surface area (Å²) in [5.74, 6) is 0.501. The number of halogens is 2. The summed E-state index contributed by atoms with van der Waals surface area (Å²) in [6.45, 7) is 4.73. The molecule has 0 spiro atoms. The topological polar surface area (TPSA) is 12.5 Å². The van der Waals surface area contributed by atoms with Crippen molar-refractivity contribution in [2.24, 2.45) is 0 Å². The number of rotatable bonds is 3. The highest BCUT2D eigenvalue weighted by atomic mass is 35.5. The van der Waals surface area contributed by atoms with Crippen LogP contribution in [0.1, 0.15) is 18.9 Å². The van der Waals surface area contributed by atoms with Crippen LogP contribution in [0, 0.1) is 0 Å². The van der Waals surface area contributed by atoms with Crippen LogP contribution < -0.4 is 4.90 Å². The molecule has 0 radical (unpaired) electrons. The van der Waals surface area contributed by atoms with Crippen LogP contribution in [0.2, 0.25) is 5.02 Å². The van der Waals surface area contributed by atoms with Gasteiger partial charge in [-0.25, -0.2) is 0 Å². The number of ether oxygens (including phenoxy) is 1. The summed E-state index contributed by atoms with van der Waals surface area (Å²) < 4.78 is 5.66. The van der Waals surface area contributed by atoms with Crippen molar-refractivity contribution in [1.82, 2.24) is 0 Å². The maximum Gasteiger partial charge on any atom is 0.0748 e. The molecule has 1 aliphatic rings. The Balaban J connectivity index is 2.16. The Hall–Kier alpha value is -0.440. The molecule has 0 amide bonds. The molecule has 0 saturated carbocycles. The molecule has 1 aliphatic heterocycles. The van der Waals surface area contributed by atoms with Crippen molar-refractivity contribution in [3.63, 3.8) is 0 Å². The highest BCUT2D eigenvalue weighted by molar-refractivity contribution is 6.33. The smallest absolute Gasteiger partial charge is 0.0748 e. The fourth-order valence-corrected chi connectivity index (χ4v) is 2.56. The highest BCUT2D eigenvalue weighted by Crippen LogP contribution is 2.29. The SMILES string of the molecule is CCC1CN(c2ccc(CCl)cc2Cl)CCO1. The predicted molar refractivity (Wildman–Crippen MR) is 73.3 cm³/mol. The average molecular weight is 274 g/mol. The second-order valence-electron chi connectivity index (χ2n) is 4.27. The summed E-state index contributed by atoms with van der Waals surface area (Å²) >= 11 is 12.1. The lowest BCUT2D eigenvalue weighted by molar-refractivity contribution is 0.0384. The zero-order valence-electron chi connectivity index (χ0n) is 9.96. The van der Waals surface area contributed by atoms with Gasteiger partial charge in [-0.2, -0.15) is 0 Å². The van der Waals surface area contributed by atoms with Crippen LogP contribution in [0.25, 0.3) is 0 Å². The Labute approximate surface area is 112 Å². The summed E-state index contributed by atoms with van der Waals surface area (Å²) in [4.78, 5) is 2.29. The van der Waals surface area contributed by atoms with E-state index in [4.69, 9.17) is 27.9 Å². The first-order valence-corrected chi connectivity index (χ1v) is 6.86. The van der Waals surface area contributed by atoms with Gasteiger partial charge in [-0.3, -0.25) is 0 Å². The Morgan fingerprint density at radius 1 is 1.47 bits per heavy atom. The Kier molecular flexibility index (Phi) is 4.55. The Morgan fingerprint density at radius 3 is 2.94 bits per heavy atom. The molecule has 1 unspecified atom stereocenters. The van der Waals surface area contributed by atoms with E-state index in [0.717, 1.165) is 42.4 Å². The van der Waals surface area contributed by atoms with Crippen LogP contribution in [0.3, 0.4) is 0 Å². The van der Waals surface area contributed by atoms with E-state index < -0.39 is 0 Å². The third-order valence-corrected chi connectivity index (χ3v) is 3.71. The van der Waals surface area contributed by atoms with Crippen LogP contribution in [0.5, 0.6) is 0 Å². The summed E-state index contributed by atoms with van der Waals surface area (Å²) in [5, 5.41) is 0.778. The first-order valence-electron chi connectivity index (χ1n) is 5.95. The van der Waals surface area contributed by atoms with Gasteiger partial charge >= 0.3 is 0 Å². The van der Waals surface area contributed by atoms with Gasteiger partial charge in [-0.15, -0.1) is 11.6 Å². The van der Waals surface area contributed by atoms with Crippen molar-refractivity contribution in [2.45, 2.75) is 25.3 Å². The molecule has 1 aromatic carbocycles. The van der Waals surface area contributed by atoms with E-state index in [0.29, 0.717) is 12.0 Å². The van der Waals surface area contributed by atoms with Crippen LogP contribution in [-0.4, -0.2) is 25.8 Å². The maximum atomic E-state index is 6.29. The summed E-state index contributed by atoms with van der Waals surface area (Å²) in [6.07, 6.45) is 1.35. The molecule has 0 N–H and O–H groups in total. The zero-order chi connectivity index (χ0) is 12.3. The summed E-state index contributed by atoms with van der Waals surface area (Å²) in [5.41, 5.74) is 2.14. The van der Waals surface area contributed by atoms with E-state index in [-0.39, 0.29) is 0 Å². The van der Waals surface area contributed by atoms with Crippen molar-refractivity contribution in [1.29, 1.82) is 0 Å². The van der Waals surface area contributed by atoms with E-state index in [1.807, 2.05) is 12.1 Å². The number of alkyl halides is 1. The van der Waals surface area contributed by atoms with E-state index in [2.05, 4.69) is 17.9 Å². The lowest BCUT2D eigenvalue weighted by Gasteiger charge is -2.34. The fraction of sp³-hybridized carbons (Fsp3) is 0.538. The largest absolute Gasteiger partial charge is 0.375 e. The first kappa shape index (κ1) is 13.0. The van der Waals surface area contributed by atoms with Gasteiger partial charge in [-0.1, -0.05) is 24.6 Å². The summed E-state index contributed by atoms with van der Waals surface area (Å²) in [7, 11) is 0. The van der Waals surface area contributed by atoms with Gasteiger partial charge in [0.25, 0.3) is 0 Å². The molecule has 17 heavy (non-hydrogen) atoms. The van der Waals surface area contributed by atoms with Gasteiger partial charge in [0.2, 0.25) is 0 Å². The number of hydrogen-bond acceptors (Lipinski definition) is 2. The minimum Gasteiger partial charge on any atom is -0.375 e. The number of morpholine rings is 1. The summed E-state index contributed by atoms with van der Waals surface area (Å²) in [6, 6.07) is 6.03. The maximum absolute atomic E-state index is 6.29. The van der Waals surface area contributed by atoms with Crippen molar-refractivity contribution in [2.75, 3.05) is 24.6 Å². The number of benzene rings is 1. The second-order valence-corrected chi connectivity index (χ2v) is 4.94. The van der Waals surface area contributed by atoms with Gasteiger partial charge < -0.3 is 9.64 Å². The molecule has 1 heterocycles. The molecular weight excluding hydrogens is 257 g/mol. The van der Waals surface area contributed by atoms with Crippen LogP contribution in [0.4, 0.5) is 5.69 Å². The lowest BCUT2D eigenvalue weighted by atomic mass is 10.1. The number of hydrogen-bond donors (Lipinski definition) is 0. The normalized spacial score (nSPS) is 20.6. The molecular formula is C13H17Cl2NO. The predicted octanol–water partition coefficient (Wildman–Crippen LogP) is 3.69. The van der Waals surface area contributed by atoms with Crippen molar-refractivity contribution < 1.29 is 4.74 Å². The van der Waals surface area contributed by atoms with Crippen LogP contribution >= 0.6 is 23.2 Å². The fourth-order valence-electron chi connectivity index (χ4n) is 2.08. The molecule has 0 aliphatic carbocycles. The molecule has 0 aromatic heterocycles. The van der Waals surface area contributed by atoms with Gasteiger partial charge in [0.05, 0.1) is 23.4 Å². The average Bonchev–Trinajstić information content (AvgIpc) is 2.38. The van der Waals surface area contributed by atoms with E-state index >= 15 is 0 Å². The number of anilines is 1. The molecule has 2 nitrogen and oxygen atoms in total. The van der Waals surface area contributed by atoms with Crippen LogP contribution in [-0.2, 0) is 10.6 Å². The molecule has 1 fully saturated rings. The molecule has 1 atom stereocenters. The van der Waals surface area contributed by atoms with Crippen molar-refractivity contribution >= 4 is 28.9 Å². The van der Waals surface area contributed by atoms with Crippen LogP contribution in [0.15, 0.2) is 18.2 Å². The van der Waals surface area contributed by atoms with E-state index in [1.54, 1.807) is 0 Å². The molecule has 1 aromatic rings. The monoisotopic (exact) mass is 273 g/mol. The quantitative estimate of drug-likeness (QED) is 0.779. The molecule has 4 heteroatoms. The van der Waals surface area contributed by atoms with Gasteiger partial charge in [0, 0.05) is 19.0 Å². The van der Waals surface area contributed by atoms with Gasteiger partial charge in [-0.05, 0) is 24.1 Å². The Bertz CT molecular complexity index is 384. The van der Waals surface area contributed by atoms with E-state index in [1.165, 1.54) is 0 Å². The lowest BCUT2D eigenvalue weighted by Crippen LogP contribution is -2.42. The highest BCUT2D eigenvalue weighted by Gasteiger charge is 2.20. The van der Waals surface area contributed by atoms with Gasteiger partial charge in [0.15, 0.2) is 0 Å². The van der Waals surface area contributed by atoms with Crippen molar-refractivity contribution in [3.8, 4) is 0 Å². The Morgan fingerprint density at radius 2 is 2.29 bits per heavy atom. The second kappa shape index (κ2) is 5.94. The third kappa shape index (κ3) is 3.06. The van der Waals surface area contributed by atoms with E-state index in [9.17, 15) is 0 Å². The third-order valence-electron chi connectivity index (χ3n) is 3.10. The molecule has 0 bridgehead atoms. The minimum atomic E-state index is 0.313. The van der Waals surface area contributed by atoms with Gasteiger partial charge in [0.1, 0.15) is 0 Å². The molecule has 94 valence electrons. The van der Waals surface area contributed by atoms with Crippen molar-refractivity contribution in [3.05, 3.63) is 28.8 Å². The standard InChI is InChI=1S/C13H17Cl2NO/c1-2-11-9-16(5-6-17-11)13-4-3-10(8-14)7-12(13)15/h3-4,7,11H,2,5-6,8-9H2,1H3.